The van der Waals surface area contributed by atoms with E-state index in [-0.39, 0.29) is 48.0 Å². The smallest absolute Gasteiger partial charge is 0.408 e. The third-order valence-corrected chi connectivity index (χ3v) is 21.8. The van der Waals surface area contributed by atoms with E-state index >= 15 is 9.59 Å². The molecule has 0 aromatic heterocycles. The molecule has 0 unspecified atom stereocenters. The summed E-state index contributed by atoms with van der Waals surface area (Å²) in [6.45, 7) is 20.8. The molecule has 0 fully saturated rings. The summed E-state index contributed by atoms with van der Waals surface area (Å²) in [6, 6.07) is 35.6. The van der Waals surface area contributed by atoms with Crippen LogP contribution < -0.4 is 16.0 Å². The molecule has 0 bridgehead atoms. The van der Waals surface area contributed by atoms with Gasteiger partial charge in [-0.1, -0.05) is 273 Å². The zero-order valence-corrected chi connectivity index (χ0v) is 51.3. The number of Topliss-reactive ketones (excluding diaryl/α,β-unsaturated/α-hetero) is 1. The molecule has 0 aliphatic heterocycles. The minimum Gasteiger partial charge on any atom is -0.516 e. The third-order valence-electron chi connectivity index (χ3n) is 15.4. The maximum Gasteiger partial charge on any atom is 0.408 e. The molecule has 11 heteroatoms. The maximum absolute atomic E-state index is 15.2. The molecule has 3 N–H and O–H groups in total. The zero-order chi connectivity index (χ0) is 57.7. The standard InChI is InChI=1S/C68H101N3O7Si/c1-11-12-13-14-15-16-17-18-19-20-21-22-23-24-25-38-47-79(67(5,6)7,68(8,9)10)78-64(75)60(51-56-45-36-29-37-46-56)70-62(73)57(48-53-39-30-26-31-40-53)52-61(72)58(49-54-41-32-27-33-42-54)69-63(74)59(50-55-43-34-28-35-44-55)71-65(76)77-66(2,3)4/h26-37,39-46,57-60H,11-25,38,47-52H2,1-10H3,(H,69,74)(H,70,73)(H,71,76)/t57-,58+,59+,60+/m1/s1. The summed E-state index contributed by atoms with van der Waals surface area (Å²) in [5, 5.41) is 8.28. The fourth-order valence-corrected chi connectivity index (χ4v) is 16.8. The minimum atomic E-state index is -2.97. The van der Waals surface area contributed by atoms with Crippen LogP contribution in [0.2, 0.25) is 16.1 Å². The van der Waals surface area contributed by atoms with Crippen molar-refractivity contribution in [2.45, 2.75) is 244 Å². The number of benzene rings is 4. The molecule has 4 atom stereocenters. The van der Waals surface area contributed by atoms with E-state index < -0.39 is 61.8 Å². The number of unbranched alkanes of at least 4 members (excludes halogenated alkanes) is 15. The van der Waals surface area contributed by atoms with Crippen molar-refractivity contribution in [1.29, 1.82) is 0 Å². The first-order valence-electron chi connectivity index (χ1n) is 30.1. The summed E-state index contributed by atoms with van der Waals surface area (Å²) in [4.78, 5) is 73.0. The average molecular weight is 1100 g/mol. The Morgan fingerprint density at radius 2 is 0.785 bits per heavy atom. The number of hydrogen-bond donors (Lipinski definition) is 3. The van der Waals surface area contributed by atoms with Crippen LogP contribution in [-0.4, -0.2) is 61.7 Å². The van der Waals surface area contributed by atoms with Gasteiger partial charge in [-0.05, 0) is 72.0 Å². The Morgan fingerprint density at radius 3 is 1.18 bits per heavy atom. The Labute approximate surface area is 478 Å². The summed E-state index contributed by atoms with van der Waals surface area (Å²) in [7, 11) is -2.97. The number of ketones is 1. The van der Waals surface area contributed by atoms with Crippen LogP contribution in [0.15, 0.2) is 121 Å². The second kappa shape index (κ2) is 33.9. The number of carbonyl (C=O) groups excluding carboxylic acids is 5. The molecule has 4 aromatic carbocycles. The average Bonchev–Trinajstić information content (AvgIpc) is 3.60. The van der Waals surface area contributed by atoms with Crippen molar-refractivity contribution in [3.63, 3.8) is 0 Å². The first kappa shape index (κ1) is 66.0. The van der Waals surface area contributed by atoms with E-state index in [1.54, 1.807) is 20.8 Å². The Kier molecular flexibility index (Phi) is 28.3. The van der Waals surface area contributed by atoms with E-state index in [0.29, 0.717) is 0 Å². The molecule has 0 aliphatic rings. The van der Waals surface area contributed by atoms with E-state index in [2.05, 4.69) is 64.4 Å². The second-order valence-corrected chi connectivity index (χ2v) is 30.6. The van der Waals surface area contributed by atoms with E-state index in [1.807, 2.05) is 121 Å². The molecule has 4 rings (SSSR count). The summed E-state index contributed by atoms with van der Waals surface area (Å²) in [5.74, 6) is -2.76. The predicted octanol–water partition coefficient (Wildman–Crippen LogP) is 15.7. The van der Waals surface area contributed by atoms with E-state index in [1.165, 1.54) is 83.5 Å². The van der Waals surface area contributed by atoms with Gasteiger partial charge in [0.25, 0.3) is 8.32 Å². The lowest BCUT2D eigenvalue weighted by Crippen LogP contribution is -2.58. The van der Waals surface area contributed by atoms with Crippen molar-refractivity contribution >= 4 is 38.0 Å². The van der Waals surface area contributed by atoms with E-state index in [0.717, 1.165) is 47.6 Å². The van der Waals surface area contributed by atoms with Crippen LogP contribution in [-0.2, 0) is 54.0 Å². The minimum absolute atomic E-state index is 0.143. The van der Waals surface area contributed by atoms with Gasteiger partial charge in [0.2, 0.25) is 11.8 Å². The van der Waals surface area contributed by atoms with Crippen molar-refractivity contribution in [1.82, 2.24) is 16.0 Å². The number of carbonyl (C=O) groups is 5. The molecule has 79 heavy (non-hydrogen) atoms. The normalized spacial score (nSPS) is 13.6. The van der Waals surface area contributed by atoms with Crippen LogP contribution >= 0.6 is 0 Å². The highest BCUT2D eigenvalue weighted by molar-refractivity contribution is 6.80. The van der Waals surface area contributed by atoms with Gasteiger partial charge < -0.3 is 25.1 Å². The lowest BCUT2D eigenvalue weighted by Gasteiger charge is -2.50. The largest absolute Gasteiger partial charge is 0.516 e. The van der Waals surface area contributed by atoms with Gasteiger partial charge >= 0.3 is 12.1 Å². The van der Waals surface area contributed by atoms with Gasteiger partial charge in [-0.2, -0.15) is 0 Å². The van der Waals surface area contributed by atoms with Crippen LogP contribution in [0.3, 0.4) is 0 Å². The van der Waals surface area contributed by atoms with Crippen LogP contribution in [0.4, 0.5) is 4.79 Å². The molecule has 0 heterocycles. The Hall–Kier alpha value is -5.55. The maximum atomic E-state index is 15.2. The molecule has 434 valence electrons. The fourth-order valence-electron chi connectivity index (χ4n) is 11.1. The van der Waals surface area contributed by atoms with Crippen molar-refractivity contribution in [3.8, 4) is 0 Å². The first-order valence-corrected chi connectivity index (χ1v) is 32.2. The molecular formula is C68H101N3O7Si. The Balaban J connectivity index is 1.56. The molecule has 0 saturated carbocycles. The molecule has 0 spiro atoms. The fraction of sp³-hybridized carbons (Fsp3) is 0.574. The van der Waals surface area contributed by atoms with Crippen molar-refractivity contribution in [3.05, 3.63) is 144 Å². The number of ether oxygens (including phenoxy) is 1. The molecule has 10 nitrogen and oxygen atoms in total. The number of hydrogen-bond acceptors (Lipinski definition) is 7. The Morgan fingerprint density at radius 1 is 0.430 bits per heavy atom. The van der Waals surface area contributed by atoms with Crippen LogP contribution in [0.1, 0.15) is 201 Å². The lowest BCUT2D eigenvalue weighted by atomic mass is 9.89. The highest BCUT2D eigenvalue weighted by Crippen LogP contribution is 2.55. The van der Waals surface area contributed by atoms with Crippen molar-refractivity contribution < 1.29 is 33.1 Å². The summed E-state index contributed by atoms with van der Waals surface area (Å²) >= 11 is 0. The molecule has 0 saturated heterocycles. The first-order chi connectivity index (χ1) is 37.6. The van der Waals surface area contributed by atoms with E-state index in [9.17, 15) is 14.4 Å². The summed E-state index contributed by atoms with van der Waals surface area (Å²) in [5.41, 5.74) is 2.51. The third kappa shape index (κ3) is 24.4. The van der Waals surface area contributed by atoms with Crippen molar-refractivity contribution in [2.75, 3.05) is 0 Å². The van der Waals surface area contributed by atoms with Gasteiger partial charge in [-0.25, -0.2) is 4.79 Å². The quantitative estimate of drug-likeness (QED) is 0.0308. The number of amides is 3. The zero-order valence-electron chi connectivity index (χ0n) is 50.3. The summed E-state index contributed by atoms with van der Waals surface area (Å²) in [6.07, 6.45) is 20.3. The number of nitrogens with one attached hydrogen (secondary N) is 3. The van der Waals surface area contributed by atoms with Gasteiger partial charge in [0.05, 0.1) is 6.04 Å². The molecule has 4 aromatic rings. The van der Waals surface area contributed by atoms with Gasteiger partial charge in [-0.3, -0.25) is 19.2 Å². The molecule has 0 radical (unpaired) electrons. The highest BCUT2D eigenvalue weighted by atomic mass is 28.4. The van der Waals surface area contributed by atoms with Gasteiger partial charge in [0.15, 0.2) is 5.78 Å². The summed E-state index contributed by atoms with van der Waals surface area (Å²) < 4.78 is 12.7. The van der Waals surface area contributed by atoms with Crippen LogP contribution in [0, 0.1) is 5.92 Å². The second-order valence-electron chi connectivity index (χ2n) is 25.2. The highest BCUT2D eigenvalue weighted by Gasteiger charge is 2.57. The topological polar surface area (TPSA) is 140 Å². The SMILES string of the molecule is CCCCCCCCCCCCCCCCCC[Si](OC(=O)[C@H](Cc1ccccc1)NC(=O)[C@@H](CC(=O)[C@H](Cc1ccccc1)NC(=O)[C@H](Cc1ccccc1)NC(=O)OC(C)(C)C)Cc1ccccc1)(C(C)(C)C)C(C)(C)C. The Bertz CT molecular complexity index is 2360. The number of rotatable bonds is 35. The van der Waals surface area contributed by atoms with E-state index in [4.69, 9.17) is 9.16 Å². The predicted molar refractivity (Wildman–Crippen MR) is 326 cm³/mol. The monoisotopic (exact) mass is 1100 g/mol. The van der Waals surface area contributed by atoms with Crippen molar-refractivity contribution in [2.24, 2.45) is 5.92 Å². The lowest BCUT2D eigenvalue weighted by molar-refractivity contribution is -0.142. The molecular weight excluding hydrogens is 999 g/mol. The van der Waals surface area contributed by atoms with Crippen LogP contribution in [0.5, 0.6) is 0 Å². The van der Waals surface area contributed by atoms with Gasteiger partial charge in [0, 0.05) is 25.2 Å². The van der Waals surface area contributed by atoms with Gasteiger partial charge in [-0.15, -0.1) is 0 Å². The van der Waals surface area contributed by atoms with Gasteiger partial charge in [0.1, 0.15) is 17.7 Å². The molecule has 3 amide bonds. The van der Waals surface area contributed by atoms with Crippen LogP contribution in [0.25, 0.3) is 0 Å². The number of alkyl carbamates (subject to hydrolysis) is 1. The molecule has 0 aliphatic carbocycles.